The summed E-state index contributed by atoms with van der Waals surface area (Å²) in [6.07, 6.45) is 2.36. The first kappa shape index (κ1) is 20.6. The number of hydrogen-bond acceptors (Lipinski definition) is 4. The largest absolute Gasteiger partial charge is 0.465 e. The van der Waals surface area contributed by atoms with E-state index in [0.717, 1.165) is 12.8 Å². The van der Waals surface area contributed by atoms with E-state index in [0.29, 0.717) is 39.1 Å². The number of nitrogens with zero attached hydrogens (tertiary/aromatic N) is 2. The van der Waals surface area contributed by atoms with Crippen LogP contribution in [0.15, 0.2) is 0 Å². The monoisotopic (exact) mass is 398 g/mol. The van der Waals surface area contributed by atoms with Crippen LogP contribution in [0.25, 0.3) is 0 Å². The van der Waals surface area contributed by atoms with Gasteiger partial charge in [-0.05, 0) is 43.8 Å². The molecule has 2 heterocycles. The molecule has 0 atom stereocenters. The van der Waals surface area contributed by atoms with Crippen molar-refractivity contribution in [3.63, 3.8) is 0 Å². The number of rotatable bonds is 4. The fraction of sp³-hybridized carbons (Fsp3) is 0.895. The fourth-order valence-electron chi connectivity index (χ4n) is 3.72. The number of amides is 2. The maximum absolute atomic E-state index is 12.7. The Balaban J connectivity index is 1.67. The van der Waals surface area contributed by atoms with Gasteiger partial charge >= 0.3 is 6.09 Å². The van der Waals surface area contributed by atoms with E-state index in [1.807, 2.05) is 4.90 Å². The van der Waals surface area contributed by atoms with Gasteiger partial charge in [0, 0.05) is 13.1 Å². The zero-order chi connectivity index (χ0) is 20.1. The van der Waals surface area contributed by atoms with E-state index in [2.05, 4.69) is 33.9 Å². The summed E-state index contributed by atoms with van der Waals surface area (Å²) in [5.41, 5.74) is -0.597. The van der Waals surface area contributed by atoms with Crippen LogP contribution >= 0.6 is 0 Å². The molecule has 3 rings (SSSR count). The quantitative estimate of drug-likeness (QED) is 0.737. The Labute approximate surface area is 163 Å². The summed E-state index contributed by atoms with van der Waals surface area (Å²) in [6.45, 7) is 13.3. The molecule has 1 aliphatic carbocycles. The molecular formula is C19H34N2O5Si. The van der Waals surface area contributed by atoms with Crippen LogP contribution in [-0.2, 0) is 14.0 Å². The second-order valence-electron chi connectivity index (χ2n) is 9.99. The van der Waals surface area contributed by atoms with E-state index >= 15 is 0 Å². The first-order chi connectivity index (χ1) is 12.4. The standard InChI is InChI=1S/C19H34N2O5Si/c1-17(2,3)27(4,5)26-14-18(6-7-18)21-13-19(25-12-15(21)22)8-10-20(11-9-19)16(23)24/h6-14H2,1-5H3,(H,23,24). The lowest BCUT2D eigenvalue weighted by molar-refractivity contribution is -0.178. The van der Waals surface area contributed by atoms with E-state index in [-0.39, 0.29) is 23.1 Å². The predicted molar refractivity (Wildman–Crippen MR) is 104 cm³/mol. The van der Waals surface area contributed by atoms with Crippen molar-refractivity contribution in [1.82, 2.24) is 9.80 Å². The zero-order valence-electron chi connectivity index (χ0n) is 17.3. The molecule has 3 aliphatic rings. The first-order valence-electron chi connectivity index (χ1n) is 9.96. The van der Waals surface area contributed by atoms with Gasteiger partial charge in [0.15, 0.2) is 8.32 Å². The third-order valence-corrected chi connectivity index (χ3v) is 11.6. The van der Waals surface area contributed by atoms with Crippen LogP contribution in [0, 0.1) is 0 Å². The molecule has 0 aromatic heterocycles. The topological polar surface area (TPSA) is 79.3 Å². The second kappa shape index (κ2) is 6.74. The Bertz CT molecular complexity index is 604. The average Bonchev–Trinajstić information content (AvgIpc) is 3.36. The molecule has 0 unspecified atom stereocenters. The van der Waals surface area contributed by atoms with Crippen LogP contribution in [0.3, 0.4) is 0 Å². The van der Waals surface area contributed by atoms with Crippen molar-refractivity contribution in [2.45, 2.75) is 75.7 Å². The number of ether oxygens (including phenoxy) is 1. The van der Waals surface area contributed by atoms with Crippen LogP contribution in [0.2, 0.25) is 18.1 Å². The molecule has 1 N–H and O–H groups in total. The van der Waals surface area contributed by atoms with Crippen molar-refractivity contribution < 1.29 is 23.9 Å². The smallest absolute Gasteiger partial charge is 0.407 e. The van der Waals surface area contributed by atoms with E-state index < -0.39 is 20.0 Å². The minimum absolute atomic E-state index is 0.0395. The average molecular weight is 399 g/mol. The normalized spacial score (nSPS) is 25.0. The molecule has 154 valence electrons. The molecular weight excluding hydrogens is 364 g/mol. The lowest BCUT2D eigenvalue weighted by Crippen LogP contribution is -2.63. The van der Waals surface area contributed by atoms with Crippen molar-refractivity contribution in [3.8, 4) is 0 Å². The highest BCUT2D eigenvalue weighted by Gasteiger charge is 2.56. The number of morpholine rings is 1. The number of carbonyl (C=O) groups is 2. The molecule has 3 fully saturated rings. The van der Waals surface area contributed by atoms with E-state index in [1.165, 1.54) is 4.90 Å². The summed E-state index contributed by atoms with van der Waals surface area (Å²) in [6, 6.07) is 0. The van der Waals surface area contributed by atoms with Crippen LogP contribution in [0.5, 0.6) is 0 Å². The zero-order valence-corrected chi connectivity index (χ0v) is 18.3. The highest BCUT2D eigenvalue weighted by Crippen LogP contribution is 2.47. The van der Waals surface area contributed by atoms with Gasteiger partial charge in [0.2, 0.25) is 5.91 Å². The number of hydrogen-bond donors (Lipinski definition) is 1. The number of carboxylic acid groups (broad SMARTS) is 1. The molecule has 27 heavy (non-hydrogen) atoms. The number of piperidine rings is 1. The third-order valence-electron chi connectivity index (χ3n) is 7.10. The molecule has 0 radical (unpaired) electrons. The lowest BCUT2D eigenvalue weighted by atomic mass is 9.88. The molecule has 2 aliphatic heterocycles. The Hall–Kier alpha value is -1.12. The Morgan fingerprint density at radius 3 is 2.30 bits per heavy atom. The van der Waals surface area contributed by atoms with Crippen LogP contribution in [0.4, 0.5) is 4.79 Å². The molecule has 2 saturated heterocycles. The van der Waals surface area contributed by atoms with Crippen LogP contribution in [-0.4, -0.2) is 79.2 Å². The molecule has 0 aromatic carbocycles. The molecule has 1 spiro atoms. The van der Waals surface area contributed by atoms with Gasteiger partial charge in [-0.25, -0.2) is 4.79 Å². The summed E-state index contributed by atoms with van der Waals surface area (Å²) in [5, 5.41) is 9.32. The van der Waals surface area contributed by atoms with Gasteiger partial charge < -0.3 is 24.1 Å². The Kier molecular flexibility index (Phi) is 5.14. The maximum Gasteiger partial charge on any atom is 0.407 e. The predicted octanol–water partition coefficient (Wildman–Crippen LogP) is 2.91. The number of carbonyl (C=O) groups excluding carboxylic acids is 1. The van der Waals surface area contributed by atoms with E-state index in [9.17, 15) is 14.7 Å². The molecule has 0 bridgehead atoms. The fourth-order valence-corrected chi connectivity index (χ4v) is 4.79. The maximum atomic E-state index is 12.7. The first-order valence-corrected chi connectivity index (χ1v) is 12.9. The summed E-state index contributed by atoms with van der Waals surface area (Å²) < 4.78 is 12.4. The minimum atomic E-state index is -1.87. The van der Waals surface area contributed by atoms with Gasteiger partial charge in [0.05, 0.1) is 24.3 Å². The summed E-state index contributed by atoms with van der Waals surface area (Å²) in [4.78, 5) is 27.3. The highest BCUT2D eigenvalue weighted by atomic mass is 28.4. The van der Waals surface area contributed by atoms with Crippen molar-refractivity contribution in [3.05, 3.63) is 0 Å². The van der Waals surface area contributed by atoms with Crippen LogP contribution < -0.4 is 0 Å². The molecule has 7 nitrogen and oxygen atoms in total. The van der Waals surface area contributed by atoms with Gasteiger partial charge in [-0.1, -0.05) is 20.8 Å². The van der Waals surface area contributed by atoms with Gasteiger partial charge in [-0.3, -0.25) is 4.79 Å². The highest BCUT2D eigenvalue weighted by molar-refractivity contribution is 6.74. The SMILES string of the molecule is CC(C)(C)[Si](C)(C)OCC1(N2CC3(CCN(C(=O)O)CC3)OCC2=O)CC1. The van der Waals surface area contributed by atoms with E-state index in [1.54, 1.807) is 0 Å². The number of likely N-dealkylation sites (tertiary alicyclic amines) is 1. The van der Waals surface area contributed by atoms with Gasteiger partial charge in [0.25, 0.3) is 0 Å². The van der Waals surface area contributed by atoms with Gasteiger partial charge in [-0.2, -0.15) is 0 Å². The second-order valence-corrected chi connectivity index (χ2v) is 14.8. The summed E-state index contributed by atoms with van der Waals surface area (Å²) in [5.74, 6) is 0.0395. The van der Waals surface area contributed by atoms with Gasteiger partial charge in [-0.15, -0.1) is 0 Å². The Morgan fingerprint density at radius 2 is 1.81 bits per heavy atom. The lowest BCUT2D eigenvalue weighted by Gasteiger charge is -2.49. The van der Waals surface area contributed by atoms with Crippen molar-refractivity contribution in [1.29, 1.82) is 0 Å². The van der Waals surface area contributed by atoms with Crippen molar-refractivity contribution >= 4 is 20.3 Å². The van der Waals surface area contributed by atoms with Crippen molar-refractivity contribution in [2.75, 3.05) is 32.8 Å². The summed E-state index contributed by atoms with van der Waals surface area (Å²) in [7, 11) is -1.87. The van der Waals surface area contributed by atoms with Crippen molar-refractivity contribution in [2.24, 2.45) is 0 Å². The van der Waals surface area contributed by atoms with Gasteiger partial charge in [0.1, 0.15) is 6.61 Å². The Morgan fingerprint density at radius 1 is 1.22 bits per heavy atom. The third kappa shape index (κ3) is 4.02. The van der Waals surface area contributed by atoms with E-state index in [4.69, 9.17) is 9.16 Å². The molecule has 1 saturated carbocycles. The molecule has 8 heteroatoms. The van der Waals surface area contributed by atoms with Crippen LogP contribution in [0.1, 0.15) is 46.5 Å². The molecule has 0 aromatic rings. The molecule has 2 amide bonds. The summed E-state index contributed by atoms with van der Waals surface area (Å²) >= 11 is 0. The minimum Gasteiger partial charge on any atom is -0.465 e.